The van der Waals surface area contributed by atoms with Crippen LogP contribution in [0.2, 0.25) is 0 Å². The minimum absolute atomic E-state index is 0.512. The molecule has 2 aliphatic heterocycles. The summed E-state index contributed by atoms with van der Waals surface area (Å²) < 4.78 is 0. The van der Waals surface area contributed by atoms with Gasteiger partial charge in [-0.1, -0.05) is 23.8 Å². The standard InChI is InChI=1S/C17H26N2/c1-13-4-5-14(2)15(10-13)16-11-19(3)12-17(16)6-8-18-9-7-17/h4-5,10,16,18H,6-9,11-12H2,1-3H3. The van der Waals surface area contributed by atoms with Crippen LogP contribution < -0.4 is 5.32 Å². The fourth-order valence-electron chi connectivity index (χ4n) is 4.21. The van der Waals surface area contributed by atoms with Gasteiger partial charge in [-0.15, -0.1) is 0 Å². The van der Waals surface area contributed by atoms with E-state index in [0.29, 0.717) is 5.41 Å². The van der Waals surface area contributed by atoms with Crippen LogP contribution in [-0.2, 0) is 0 Å². The molecule has 2 saturated heterocycles. The minimum atomic E-state index is 0.512. The quantitative estimate of drug-likeness (QED) is 0.833. The van der Waals surface area contributed by atoms with Gasteiger partial charge < -0.3 is 10.2 Å². The Balaban J connectivity index is 1.99. The first kappa shape index (κ1) is 13.1. The first-order chi connectivity index (χ1) is 9.11. The van der Waals surface area contributed by atoms with E-state index in [1.807, 2.05) is 0 Å². The number of hydrogen-bond acceptors (Lipinski definition) is 2. The van der Waals surface area contributed by atoms with Gasteiger partial charge in [0.05, 0.1) is 0 Å². The van der Waals surface area contributed by atoms with Gasteiger partial charge >= 0.3 is 0 Å². The average Bonchev–Trinajstić information content (AvgIpc) is 2.70. The number of nitrogens with zero attached hydrogens (tertiary/aromatic N) is 1. The average molecular weight is 258 g/mol. The van der Waals surface area contributed by atoms with Crippen molar-refractivity contribution in [1.29, 1.82) is 0 Å². The molecule has 1 atom stereocenters. The van der Waals surface area contributed by atoms with Crippen molar-refractivity contribution < 1.29 is 0 Å². The van der Waals surface area contributed by atoms with Crippen LogP contribution in [-0.4, -0.2) is 38.1 Å². The highest BCUT2D eigenvalue weighted by molar-refractivity contribution is 5.36. The molecular formula is C17H26N2. The summed E-state index contributed by atoms with van der Waals surface area (Å²) in [6, 6.07) is 6.98. The lowest BCUT2D eigenvalue weighted by molar-refractivity contribution is 0.187. The van der Waals surface area contributed by atoms with Crippen LogP contribution in [0.1, 0.15) is 35.4 Å². The molecule has 0 saturated carbocycles. The number of rotatable bonds is 1. The second-order valence-corrected chi connectivity index (χ2v) is 6.72. The van der Waals surface area contributed by atoms with Crippen LogP contribution in [0.4, 0.5) is 0 Å². The third-order valence-electron chi connectivity index (χ3n) is 5.23. The second-order valence-electron chi connectivity index (χ2n) is 6.72. The fourth-order valence-corrected chi connectivity index (χ4v) is 4.21. The summed E-state index contributed by atoms with van der Waals surface area (Å²) >= 11 is 0. The highest BCUT2D eigenvalue weighted by Crippen LogP contribution is 2.49. The molecule has 2 nitrogen and oxygen atoms in total. The van der Waals surface area contributed by atoms with Crippen molar-refractivity contribution in [3.8, 4) is 0 Å². The van der Waals surface area contributed by atoms with E-state index < -0.39 is 0 Å². The number of nitrogens with one attached hydrogen (secondary N) is 1. The Labute approximate surface area is 117 Å². The molecule has 104 valence electrons. The monoisotopic (exact) mass is 258 g/mol. The molecule has 1 N–H and O–H groups in total. The van der Waals surface area contributed by atoms with E-state index in [4.69, 9.17) is 0 Å². The van der Waals surface area contributed by atoms with E-state index in [9.17, 15) is 0 Å². The number of piperidine rings is 1. The molecule has 0 amide bonds. The number of aryl methyl sites for hydroxylation is 2. The fraction of sp³-hybridized carbons (Fsp3) is 0.647. The molecule has 1 unspecified atom stereocenters. The molecule has 2 heterocycles. The Hall–Kier alpha value is -0.860. The van der Waals surface area contributed by atoms with Crippen LogP contribution >= 0.6 is 0 Å². The summed E-state index contributed by atoms with van der Waals surface area (Å²) in [5.41, 5.74) is 4.99. The van der Waals surface area contributed by atoms with Crippen molar-refractivity contribution in [2.24, 2.45) is 5.41 Å². The van der Waals surface area contributed by atoms with Gasteiger partial charge in [-0.25, -0.2) is 0 Å². The second kappa shape index (κ2) is 4.92. The zero-order valence-corrected chi connectivity index (χ0v) is 12.5. The maximum Gasteiger partial charge on any atom is 0.00534 e. The maximum absolute atomic E-state index is 3.53. The molecule has 1 spiro atoms. The molecule has 1 aromatic carbocycles. The summed E-state index contributed by atoms with van der Waals surface area (Å²) in [4.78, 5) is 2.54. The summed E-state index contributed by atoms with van der Waals surface area (Å²) in [6.07, 6.45) is 2.66. The van der Waals surface area contributed by atoms with Crippen molar-refractivity contribution in [2.75, 3.05) is 33.2 Å². The Kier molecular flexibility index (Phi) is 3.40. The Morgan fingerprint density at radius 3 is 2.68 bits per heavy atom. The highest BCUT2D eigenvalue weighted by Gasteiger charge is 2.46. The largest absolute Gasteiger partial charge is 0.317 e. The molecule has 3 rings (SSSR count). The lowest BCUT2D eigenvalue weighted by Gasteiger charge is -2.39. The summed E-state index contributed by atoms with van der Waals surface area (Å²) in [6.45, 7) is 9.38. The van der Waals surface area contributed by atoms with Crippen molar-refractivity contribution in [3.05, 3.63) is 34.9 Å². The Morgan fingerprint density at radius 1 is 1.21 bits per heavy atom. The van der Waals surface area contributed by atoms with Gasteiger partial charge in [0.1, 0.15) is 0 Å². The molecule has 0 aliphatic carbocycles. The topological polar surface area (TPSA) is 15.3 Å². The van der Waals surface area contributed by atoms with Crippen molar-refractivity contribution >= 4 is 0 Å². The van der Waals surface area contributed by atoms with E-state index in [1.54, 1.807) is 5.56 Å². The first-order valence-corrected chi connectivity index (χ1v) is 7.57. The number of benzene rings is 1. The summed E-state index contributed by atoms with van der Waals surface area (Å²) in [5.74, 6) is 0.722. The van der Waals surface area contributed by atoms with Crippen molar-refractivity contribution in [1.82, 2.24) is 10.2 Å². The van der Waals surface area contributed by atoms with Gasteiger partial charge in [0.2, 0.25) is 0 Å². The van der Waals surface area contributed by atoms with Gasteiger partial charge in [-0.05, 0) is 63.4 Å². The van der Waals surface area contributed by atoms with Crippen LogP contribution in [0.25, 0.3) is 0 Å². The maximum atomic E-state index is 3.53. The van der Waals surface area contributed by atoms with E-state index in [0.717, 1.165) is 5.92 Å². The van der Waals surface area contributed by atoms with Gasteiger partial charge in [-0.2, -0.15) is 0 Å². The molecule has 0 radical (unpaired) electrons. The molecular weight excluding hydrogens is 232 g/mol. The predicted octanol–water partition coefficient (Wildman–Crippen LogP) is 2.70. The van der Waals surface area contributed by atoms with Crippen molar-refractivity contribution in [2.45, 2.75) is 32.6 Å². The number of likely N-dealkylation sites (N-methyl/N-ethyl adjacent to an activating group) is 1. The predicted molar refractivity (Wildman–Crippen MR) is 80.7 cm³/mol. The molecule has 2 heteroatoms. The molecule has 19 heavy (non-hydrogen) atoms. The Morgan fingerprint density at radius 2 is 1.95 bits per heavy atom. The van der Waals surface area contributed by atoms with E-state index in [2.05, 4.69) is 49.3 Å². The van der Waals surface area contributed by atoms with Crippen LogP contribution in [0.3, 0.4) is 0 Å². The first-order valence-electron chi connectivity index (χ1n) is 7.57. The lowest BCUT2D eigenvalue weighted by Crippen LogP contribution is -2.41. The zero-order chi connectivity index (χ0) is 13.5. The number of likely N-dealkylation sites (tertiary alicyclic amines) is 1. The normalized spacial score (nSPS) is 27.0. The molecule has 1 aromatic rings. The van der Waals surface area contributed by atoms with Gasteiger partial charge in [0.15, 0.2) is 0 Å². The third-order valence-corrected chi connectivity index (χ3v) is 5.23. The van der Waals surface area contributed by atoms with Gasteiger partial charge in [0, 0.05) is 19.0 Å². The minimum Gasteiger partial charge on any atom is -0.317 e. The Bertz CT molecular complexity index is 460. The summed E-state index contributed by atoms with van der Waals surface area (Å²) in [5, 5.41) is 3.53. The van der Waals surface area contributed by atoms with Crippen molar-refractivity contribution in [3.63, 3.8) is 0 Å². The lowest BCUT2D eigenvalue weighted by atomic mass is 9.68. The van der Waals surface area contributed by atoms with Crippen LogP contribution in [0.5, 0.6) is 0 Å². The molecule has 0 bridgehead atoms. The van der Waals surface area contributed by atoms with Gasteiger partial charge in [-0.3, -0.25) is 0 Å². The SMILES string of the molecule is Cc1ccc(C)c(C2CN(C)CC23CCNCC3)c1. The third kappa shape index (κ3) is 2.32. The van der Waals surface area contributed by atoms with E-state index in [-0.39, 0.29) is 0 Å². The molecule has 2 aliphatic rings. The zero-order valence-electron chi connectivity index (χ0n) is 12.5. The van der Waals surface area contributed by atoms with E-state index >= 15 is 0 Å². The highest BCUT2D eigenvalue weighted by atomic mass is 15.1. The molecule has 2 fully saturated rings. The van der Waals surface area contributed by atoms with E-state index in [1.165, 1.54) is 50.1 Å². The van der Waals surface area contributed by atoms with Crippen LogP contribution in [0.15, 0.2) is 18.2 Å². The van der Waals surface area contributed by atoms with Gasteiger partial charge in [0.25, 0.3) is 0 Å². The van der Waals surface area contributed by atoms with Crippen LogP contribution in [0, 0.1) is 19.3 Å². The summed E-state index contributed by atoms with van der Waals surface area (Å²) in [7, 11) is 2.29. The number of hydrogen-bond donors (Lipinski definition) is 1. The smallest absolute Gasteiger partial charge is 0.00534 e. The molecule has 0 aromatic heterocycles.